The monoisotopic (exact) mass is 225 g/mol. The minimum absolute atomic E-state index is 0.226. The number of amides is 1. The average Bonchev–Trinajstić information content (AvgIpc) is 2.63. The number of carbonyl (C=O) groups is 1. The molecule has 0 aromatic carbocycles. The highest BCUT2D eigenvalue weighted by atomic mass is 16.2. The highest BCUT2D eigenvalue weighted by molar-refractivity contribution is 5.76. The van der Waals surface area contributed by atoms with Crippen LogP contribution in [0.15, 0.2) is 0 Å². The predicted octanol–water partition coefficient (Wildman–Crippen LogP) is 3.32. The van der Waals surface area contributed by atoms with Crippen molar-refractivity contribution in [2.45, 2.75) is 53.9 Å². The van der Waals surface area contributed by atoms with Crippen LogP contribution in [-0.4, -0.2) is 23.9 Å². The molecule has 1 aliphatic rings. The molecule has 0 radical (unpaired) electrons. The first kappa shape index (κ1) is 13.5. The Morgan fingerprint density at radius 2 is 1.69 bits per heavy atom. The van der Waals surface area contributed by atoms with Gasteiger partial charge in [0.2, 0.25) is 5.91 Å². The zero-order chi connectivity index (χ0) is 12.3. The van der Waals surface area contributed by atoms with Crippen molar-refractivity contribution in [2.24, 2.45) is 17.3 Å². The van der Waals surface area contributed by atoms with E-state index in [9.17, 15) is 4.79 Å². The lowest BCUT2D eigenvalue weighted by molar-refractivity contribution is -0.132. The van der Waals surface area contributed by atoms with E-state index in [-0.39, 0.29) is 5.41 Å². The van der Waals surface area contributed by atoms with Crippen molar-refractivity contribution in [1.82, 2.24) is 4.90 Å². The van der Waals surface area contributed by atoms with Gasteiger partial charge in [0.05, 0.1) is 0 Å². The Morgan fingerprint density at radius 1 is 1.19 bits per heavy atom. The van der Waals surface area contributed by atoms with Crippen LogP contribution < -0.4 is 0 Å². The van der Waals surface area contributed by atoms with E-state index < -0.39 is 0 Å². The Balaban J connectivity index is 2.58. The zero-order valence-corrected chi connectivity index (χ0v) is 11.5. The third kappa shape index (κ3) is 3.50. The molecule has 2 nitrogen and oxygen atoms in total. The fraction of sp³-hybridized carbons (Fsp3) is 0.929. The molecule has 1 aliphatic heterocycles. The lowest BCUT2D eigenvalue weighted by Crippen LogP contribution is -2.34. The van der Waals surface area contributed by atoms with Crippen LogP contribution in [0.1, 0.15) is 53.9 Å². The number of nitrogens with zero attached hydrogens (tertiary/aromatic N) is 1. The van der Waals surface area contributed by atoms with Crippen molar-refractivity contribution in [3.05, 3.63) is 0 Å². The first-order valence-electron chi connectivity index (χ1n) is 6.60. The summed E-state index contributed by atoms with van der Waals surface area (Å²) in [5.74, 6) is 1.43. The van der Waals surface area contributed by atoms with Crippen LogP contribution in [0, 0.1) is 17.3 Å². The molecule has 0 N–H and O–H groups in total. The highest BCUT2D eigenvalue weighted by Gasteiger charge is 2.31. The van der Waals surface area contributed by atoms with Gasteiger partial charge in [0, 0.05) is 19.5 Å². The number of hydrogen-bond donors (Lipinski definition) is 0. The molecule has 16 heavy (non-hydrogen) atoms. The van der Waals surface area contributed by atoms with E-state index in [1.165, 1.54) is 12.8 Å². The molecule has 0 bridgehead atoms. The van der Waals surface area contributed by atoms with Crippen molar-refractivity contribution >= 4 is 5.91 Å². The maximum Gasteiger partial charge on any atom is 0.222 e. The van der Waals surface area contributed by atoms with Crippen LogP contribution in [0.4, 0.5) is 0 Å². The SMILES string of the molecule is CC(C)C(CC(=O)N1CCCC1)C(C)(C)C. The zero-order valence-electron chi connectivity index (χ0n) is 11.5. The highest BCUT2D eigenvalue weighted by Crippen LogP contribution is 2.35. The third-order valence-corrected chi connectivity index (χ3v) is 3.77. The smallest absolute Gasteiger partial charge is 0.222 e. The molecule has 0 aliphatic carbocycles. The Kier molecular flexibility index (Phi) is 4.40. The summed E-state index contributed by atoms with van der Waals surface area (Å²) in [4.78, 5) is 14.2. The van der Waals surface area contributed by atoms with Crippen LogP contribution in [0.5, 0.6) is 0 Å². The fourth-order valence-corrected chi connectivity index (χ4v) is 2.83. The van der Waals surface area contributed by atoms with Gasteiger partial charge in [0.25, 0.3) is 0 Å². The van der Waals surface area contributed by atoms with Crippen molar-refractivity contribution in [1.29, 1.82) is 0 Å². The van der Waals surface area contributed by atoms with Gasteiger partial charge in [0.1, 0.15) is 0 Å². The number of rotatable bonds is 3. The van der Waals surface area contributed by atoms with E-state index in [1.807, 2.05) is 4.90 Å². The summed E-state index contributed by atoms with van der Waals surface area (Å²) in [6, 6.07) is 0. The number of carbonyl (C=O) groups excluding carboxylic acids is 1. The minimum Gasteiger partial charge on any atom is -0.343 e. The molecule has 1 heterocycles. The normalized spacial score (nSPS) is 19.2. The Hall–Kier alpha value is -0.530. The summed E-state index contributed by atoms with van der Waals surface area (Å²) < 4.78 is 0. The largest absolute Gasteiger partial charge is 0.343 e. The molecule has 1 rings (SSSR count). The van der Waals surface area contributed by atoms with Gasteiger partial charge in [-0.25, -0.2) is 0 Å². The van der Waals surface area contributed by atoms with Gasteiger partial charge in [-0.05, 0) is 30.1 Å². The Labute approximate surface area is 100 Å². The van der Waals surface area contributed by atoms with E-state index in [1.54, 1.807) is 0 Å². The molecular formula is C14H27NO. The van der Waals surface area contributed by atoms with E-state index in [2.05, 4.69) is 34.6 Å². The Bertz CT molecular complexity index is 234. The summed E-state index contributed by atoms with van der Waals surface area (Å²) >= 11 is 0. The van der Waals surface area contributed by atoms with Crippen LogP contribution in [0.2, 0.25) is 0 Å². The van der Waals surface area contributed by atoms with Crippen molar-refractivity contribution in [2.75, 3.05) is 13.1 Å². The van der Waals surface area contributed by atoms with Crippen molar-refractivity contribution < 1.29 is 4.79 Å². The fourth-order valence-electron chi connectivity index (χ4n) is 2.83. The van der Waals surface area contributed by atoms with Gasteiger partial charge in [-0.3, -0.25) is 4.79 Å². The molecule has 0 saturated carbocycles. The topological polar surface area (TPSA) is 20.3 Å². The number of hydrogen-bond acceptors (Lipinski definition) is 1. The molecule has 1 amide bonds. The summed E-state index contributed by atoms with van der Waals surface area (Å²) in [5.41, 5.74) is 0.226. The first-order valence-corrected chi connectivity index (χ1v) is 6.60. The van der Waals surface area contributed by atoms with Gasteiger partial charge in [-0.1, -0.05) is 34.6 Å². The summed E-state index contributed by atoms with van der Waals surface area (Å²) in [7, 11) is 0. The summed E-state index contributed by atoms with van der Waals surface area (Å²) in [6.45, 7) is 13.2. The van der Waals surface area contributed by atoms with Crippen LogP contribution in [0.3, 0.4) is 0 Å². The van der Waals surface area contributed by atoms with E-state index in [0.717, 1.165) is 19.5 Å². The van der Waals surface area contributed by atoms with Gasteiger partial charge in [0.15, 0.2) is 0 Å². The summed E-state index contributed by atoms with van der Waals surface area (Å²) in [5, 5.41) is 0. The molecule has 0 aromatic rings. The van der Waals surface area contributed by atoms with Crippen LogP contribution in [-0.2, 0) is 4.79 Å². The quantitative estimate of drug-likeness (QED) is 0.721. The lowest BCUT2D eigenvalue weighted by Gasteiger charge is -2.34. The second-order valence-electron chi connectivity index (χ2n) is 6.51. The van der Waals surface area contributed by atoms with Crippen molar-refractivity contribution in [3.63, 3.8) is 0 Å². The molecule has 94 valence electrons. The van der Waals surface area contributed by atoms with Crippen LogP contribution >= 0.6 is 0 Å². The molecule has 2 heteroatoms. The lowest BCUT2D eigenvalue weighted by atomic mass is 9.72. The molecule has 1 atom stereocenters. The van der Waals surface area contributed by atoms with Gasteiger partial charge < -0.3 is 4.90 Å². The molecular weight excluding hydrogens is 198 g/mol. The maximum atomic E-state index is 12.1. The standard InChI is InChI=1S/C14H27NO/c1-11(2)12(14(3,4)5)10-13(16)15-8-6-7-9-15/h11-12H,6-10H2,1-5H3. The molecule has 0 aromatic heterocycles. The van der Waals surface area contributed by atoms with Gasteiger partial charge in [-0.2, -0.15) is 0 Å². The molecule has 1 fully saturated rings. The van der Waals surface area contributed by atoms with Gasteiger partial charge in [-0.15, -0.1) is 0 Å². The first-order chi connectivity index (χ1) is 7.32. The average molecular weight is 225 g/mol. The Morgan fingerprint density at radius 3 is 2.06 bits per heavy atom. The molecule has 1 saturated heterocycles. The van der Waals surface area contributed by atoms with Crippen molar-refractivity contribution in [3.8, 4) is 0 Å². The van der Waals surface area contributed by atoms with E-state index in [0.29, 0.717) is 17.7 Å². The molecule has 0 spiro atoms. The maximum absolute atomic E-state index is 12.1. The third-order valence-electron chi connectivity index (χ3n) is 3.77. The second-order valence-corrected chi connectivity index (χ2v) is 6.51. The second kappa shape index (κ2) is 5.20. The van der Waals surface area contributed by atoms with E-state index in [4.69, 9.17) is 0 Å². The van der Waals surface area contributed by atoms with Crippen LogP contribution in [0.25, 0.3) is 0 Å². The minimum atomic E-state index is 0.226. The summed E-state index contributed by atoms with van der Waals surface area (Å²) in [6.07, 6.45) is 3.10. The predicted molar refractivity (Wildman–Crippen MR) is 68.2 cm³/mol. The van der Waals surface area contributed by atoms with E-state index >= 15 is 0 Å². The van der Waals surface area contributed by atoms with Gasteiger partial charge >= 0.3 is 0 Å². The number of likely N-dealkylation sites (tertiary alicyclic amines) is 1. The molecule has 1 unspecified atom stereocenters.